The topological polar surface area (TPSA) is 94.7 Å². The zero-order valence-electron chi connectivity index (χ0n) is 13.5. The molecule has 0 aliphatic heterocycles. The molecule has 0 unspecified atom stereocenters. The minimum atomic E-state index is -0.786. The molecule has 7 nitrogen and oxygen atoms in total. The number of oxime groups is 1. The van der Waals surface area contributed by atoms with E-state index in [-0.39, 0.29) is 11.3 Å². The van der Waals surface area contributed by atoms with Gasteiger partial charge < -0.3 is 4.84 Å². The maximum absolute atomic E-state index is 12.2. The van der Waals surface area contributed by atoms with Crippen LogP contribution in [0.3, 0.4) is 0 Å². The van der Waals surface area contributed by atoms with Crippen molar-refractivity contribution in [1.29, 1.82) is 0 Å². The Hall–Kier alpha value is -3.87. The van der Waals surface area contributed by atoms with Crippen molar-refractivity contribution in [2.75, 3.05) is 0 Å². The van der Waals surface area contributed by atoms with Crippen molar-refractivity contribution in [2.24, 2.45) is 5.16 Å². The van der Waals surface area contributed by atoms with Crippen LogP contribution in [0.15, 0.2) is 84.3 Å². The first-order chi connectivity index (χ1) is 12.6. The molecule has 3 rings (SSSR count). The van der Waals surface area contributed by atoms with Gasteiger partial charge in [0.05, 0.1) is 10.5 Å². The van der Waals surface area contributed by atoms with Gasteiger partial charge in [0.15, 0.2) is 0 Å². The highest BCUT2D eigenvalue weighted by atomic mass is 16.7. The number of nitro groups is 1. The summed E-state index contributed by atoms with van der Waals surface area (Å²) in [6.45, 7) is 0. The number of benzene rings is 2. The van der Waals surface area contributed by atoms with Crippen LogP contribution >= 0.6 is 0 Å². The molecular weight excluding hydrogens is 334 g/mol. The van der Waals surface area contributed by atoms with Gasteiger partial charge in [-0.2, -0.15) is 0 Å². The first-order valence-electron chi connectivity index (χ1n) is 7.65. The van der Waals surface area contributed by atoms with Crippen LogP contribution in [0.2, 0.25) is 0 Å². The fraction of sp³-hybridized carbons (Fsp3) is 0. The van der Waals surface area contributed by atoms with Gasteiger partial charge in [-0.15, -0.1) is 0 Å². The second-order valence-electron chi connectivity index (χ2n) is 5.23. The highest BCUT2D eigenvalue weighted by Gasteiger charge is 2.14. The van der Waals surface area contributed by atoms with E-state index in [2.05, 4.69) is 10.1 Å². The third kappa shape index (κ3) is 3.96. The number of carbonyl (C=O) groups excluding carboxylic acids is 1. The number of rotatable bonds is 5. The quantitative estimate of drug-likeness (QED) is 0.304. The molecule has 0 amide bonds. The summed E-state index contributed by atoms with van der Waals surface area (Å²) in [6, 6.07) is 18.0. The average molecular weight is 347 g/mol. The number of nitro benzene ring substituents is 1. The second kappa shape index (κ2) is 7.80. The maximum Gasteiger partial charge on any atom is 0.366 e. The summed E-state index contributed by atoms with van der Waals surface area (Å²) in [6.07, 6.45) is 3.23. The third-order valence-corrected chi connectivity index (χ3v) is 3.49. The van der Waals surface area contributed by atoms with Crippen molar-refractivity contribution in [3.8, 4) is 0 Å². The molecule has 3 aromatic rings. The number of nitrogens with zero attached hydrogens (tertiary/aromatic N) is 3. The lowest BCUT2D eigenvalue weighted by molar-refractivity contribution is -0.384. The van der Waals surface area contributed by atoms with Crippen LogP contribution in [-0.2, 0) is 4.84 Å². The molecule has 26 heavy (non-hydrogen) atoms. The molecule has 2 aromatic carbocycles. The summed E-state index contributed by atoms with van der Waals surface area (Å²) in [7, 11) is 0. The molecule has 0 N–H and O–H groups in total. The molecule has 0 aliphatic carbocycles. The zero-order valence-corrected chi connectivity index (χ0v) is 13.5. The minimum absolute atomic E-state index is 0.0431. The highest BCUT2D eigenvalue weighted by molar-refractivity contribution is 6.12. The summed E-state index contributed by atoms with van der Waals surface area (Å²) >= 11 is 0. The van der Waals surface area contributed by atoms with Crippen LogP contribution in [0.25, 0.3) is 0 Å². The van der Waals surface area contributed by atoms with E-state index in [4.69, 9.17) is 4.84 Å². The largest absolute Gasteiger partial charge is 0.366 e. The van der Waals surface area contributed by atoms with Crippen LogP contribution in [-0.4, -0.2) is 21.6 Å². The molecule has 1 heterocycles. The lowest BCUT2D eigenvalue weighted by Crippen LogP contribution is -2.08. The van der Waals surface area contributed by atoms with Crippen molar-refractivity contribution in [1.82, 2.24) is 4.98 Å². The fourth-order valence-corrected chi connectivity index (χ4v) is 2.26. The van der Waals surface area contributed by atoms with Crippen LogP contribution in [0.4, 0.5) is 5.69 Å². The van der Waals surface area contributed by atoms with E-state index in [0.29, 0.717) is 11.3 Å². The molecule has 0 spiro atoms. The summed E-state index contributed by atoms with van der Waals surface area (Å²) in [5.74, 6) is -0.786. The molecule has 0 radical (unpaired) electrons. The van der Waals surface area contributed by atoms with Gasteiger partial charge in [0, 0.05) is 35.7 Å². The average Bonchev–Trinajstić information content (AvgIpc) is 2.69. The Labute approximate surface area is 148 Å². The normalized spacial score (nSPS) is 11.0. The Morgan fingerprint density at radius 3 is 2.38 bits per heavy atom. The van der Waals surface area contributed by atoms with Crippen molar-refractivity contribution >= 4 is 17.4 Å². The van der Waals surface area contributed by atoms with Gasteiger partial charge in [-0.05, 0) is 18.2 Å². The Morgan fingerprint density at radius 1 is 0.962 bits per heavy atom. The van der Waals surface area contributed by atoms with Gasteiger partial charge in [-0.3, -0.25) is 15.1 Å². The molecular formula is C19H13N3O4. The van der Waals surface area contributed by atoms with Crippen molar-refractivity contribution < 1.29 is 14.6 Å². The monoisotopic (exact) mass is 347 g/mol. The Kier molecular flexibility index (Phi) is 5.09. The summed E-state index contributed by atoms with van der Waals surface area (Å²) < 4.78 is 0. The first kappa shape index (κ1) is 17.0. The SMILES string of the molecule is O=C(O/N=C(\c1ccccc1)c1cccnc1)c1cccc([N+](=O)[O-])c1. The van der Waals surface area contributed by atoms with Gasteiger partial charge in [0.25, 0.3) is 5.69 Å². The summed E-state index contributed by atoms with van der Waals surface area (Å²) in [5, 5.41) is 14.8. The van der Waals surface area contributed by atoms with Gasteiger partial charge >= 0.3 is 5.97 Å². The van der Waals surface area contributed by atoms with Crippen LogP contribution in [0, 0.1) is 10.1 Å². The Bertz CT molecular complexity index is 915. The molecule has 0 aliphatic rings. The van der Waals surface area contributed by atoms with Crippen LogP contribution < -0.4 is 0 Å². The number of hydrogen-bond acceptors (Lipinski definition) is 6. The van der Waals surface area contributed by atoms with Gasteiger partial charge in [0.1, 0.15) is 5.71 Å². The van der Waals surface area contributed by atoms with E-state index in [9.17, 15) is 14.9 Å². The van der Waals surface area contributed by atoms with E-state index in [1.165, 1.54) is 18.2 Å². The first-order valence-corrected chi connectivity index (χ1v) is 7.65. The van der Waals surface area contributed by atoms with E-state index in [1.807, 2.05) is 30.3 Å². The smallest absolute Gasteiger partial charge is 0.312 e. The number of non-ortho nitro benzene ring substituents is 1. The second-order valence-corrected chi connectivity index (χ2v) is 5.23. The van der Waals surface area contributed by atoms with E-state index >= 15 is 0 Å². The van der Waals surface area contributed by atoms with E-state index < -0.39 is 10.9 Å². The molecule has 0 atom stereocenters. The van der Waals surface area contributed by atoms with Gasteiger partial charge in [-0.25, -0.2) is 4.79 Å². The van der Waals surface area contributed by atoms with Crippen molar-refractivity contribution in [3.05, 3.63) is 106 Å². The third-order valence-electron chi connectivity index (χ3n) is 3.49. The molecule has 1 aromatic heterocycles. The number of pyridine rings is 1. The van der Waals surface area contributed by atoms with E-state index in [1.54, 1.807) is 24.5 Å². The maximum atomic E-state index is 12.2. The highest BCUT2D eigenvalue weighted by Crippen LogP contribution is 2.15. The number of carbonyl (C=O) groups is 1. The van der Waals surface area contributed by atoms with E-state index in [0.717, 1.165) is 11.6 Å². The number of aromatic nitrogens is 1. The Balaban J connectivity index is 1.91. The van der Waals surface area contributed by atoms with Gasteiger partial charge in [0.2, 0.25) is 0 Å². The minimum Gasteiger partial charge on any atom is -0.312 e. The summed E-state index contributed by atoms with van der Waals surface area (Å²) in [5.41, 5.74) is 1.69. The predicted molar refractivity (Wildman–Crippen MR) is 94.8 cm³/mol. The fourth-order valence-electron chi connectivity index (χ4n) is 2.26. The molecule has 0 fully saturated rings. The van der Waals surface area contributed by atoms with Crippen molar-refractivity contribution in [3.63, 3.8) is 0 Å². The zero-order chi connectivity index (χ0) is 18.4. The summed E-state index contributed by atoms with van der Waals surface area (Å²) in [4.78, 5) is 31.6. The molecule has 0 saturated carbocycles. The lowest BCUT2D eigenvalue weighted by Gasteiger charge is -2.06. The van der Waals surface area contributed by atoms with Crippen molar-refractivity contribution in [2.45, 2.75) is 0 Å². The van der Waals surface area contributed by atoms with Crippen LogP contribution in [0.5, 0.6) is 0 Å². The van der Waals surface area contributed by atoms with Gasteiger partial charge in [-0.1, -0.05) is 41.6 Å². The molecule has 128 valence electrons. The molecule has 7 heteroatoms. The molecule has 0 saturated heterocycles. The Morgan fingerprint density at radius 2 is 1.69 bits per heavy atom. The van der Waals surface area contributed by atoms with Crippen LogP contribution in [0.1, 0.15) is 21.5 Å². The molecule has 0 bridgehead atoms. The lowest BCUT2D eigenvalue weighted by atomic mass is 10.0. The standard InChI is InChI=1S/C19H13N3O4/c23-19(15-8-4-10-17(12-15)22(24)25)26-21-18(14-6-2-1-3-7-14)16-9-5-11-20-13-16/h1-13H/b21-18+. The predicted octanol–water partition coefficient (Wildman–Crippen LogP) is 3.60. The number of hydrogen-bond donors (Lipinski definition) is 0.